The standard InChI is InChI=1S/C19H32F3N5S.HI/c1-4-23-18(25-10-17-26-16(13-28-17)19(20,21)22)24-7-5-6-8-27-11-14(2)9-15(3)12-27;/h13-15H,4-12H2,1-3H3,(H2,23,24,25);1H. The van der Waals surface area contributed by atoms with Gasteiger partial charge in [-0.1, -0.05) is 13.8 Å². The second-order valence-corrected chi connectivity index (χ2v) is 8.60. The summed E-state index contributed by atoms with van der Waals surface area (Å²) < 4.78 is 37.9. The number of nitrogens with one attached hydrogen (secondary N) is 2. The number of hydrogen-bond acceptors (Lipinski definition) is 4. The van der Waals surface area contributed by atoms with Gasteiger partial charge in [0, 0.05) is 31.6 Å². The predicted octanol–water partition coefficient (Wildman–Crippen LogP) is 4.59. The summed E-state index contributed by atoms with van der Waals surface area (Å²) in [5, 5.41) is 7.78. The van der Waals surface area contributed by atoms with Gasteiger partial charge >= 0.3 is 6.18 Å². The molecule has 0 aromatic carbocycles. The lowest BCUT2D eigenvalue weighted by molar-refractivity contribution is -0.140. The van der Waals surface area contributed by atoms with Crippen LogP contribution in [0.3, 0.4) is 0 Å². The molecule has 2 heterocycles. The number of hydrogen-bond donors (Lipinski definition) is 2. The summed E-state index contributed by atoms with van der Waals surface area (Å²) in [5.41, 5.74) is -0.845. The van der Waals surface area contributed by atoms with E-state index in [1.165, 1.54) is 19.5 Å². The van der Waals surface area contributed by atoms with Crippen LogP contribution in [-0.4, -0.2) is 48.6 Å². The third-order valence-corrected chi connectivity index (χ3v) is 5.53. The van der Waals surface area contributed by atoms with Crippen molar-refractivity contribution in [3.8, 4) is 0 Å². The van der Waals surface area contributed by atoms with Gasteiger partial charge in [-0.25, -0.2) is 9.98 Å². The average Bonchev–Trinajstić information content (AvgIpc) is 3.08. The lowest BCUT2D eigenvalue weighted by Gasteiger charge is -2.34. The predicted molar refractivity (Wildman–Crippen MR) is 124 cm³/mol. The first-order valence-electron chi connectivity index (χ1n) is 10.0. The molecule has 2 N–H and O–H groups in total. The summed E-state index contributed by atoms with van der Waals surface area (Å²) in [6.45, 7) is 11.7. The minimum absolute atomic E-state index is 0. The molecule has 2 rings (SSSR count). The van der Waals surface area contributed by atoms with Crippen LogP contribution in [0.2, 0.25) is 0 Å². The molecule has 0 amide bonds. The van der Waals surface area contributed by atoms with E-state index in [1.54, 1.807) is 0 Å². The molecule has 168 valence electrons. The molecule has 1 aromatic rings. The van der Waals surface area contributed by atoms with Crippen molar-refractivity contribution in [2.75, 3.05) is 32.7 Å². The Labute approximate surface area is 193 Å². The number of alkyl halides is 3. The van der Waals surface area contributed by atoms with Gasteiger partial charge in [-0.15, -0.1) is 35.3 Å². The molecule has 0 spiro atoms. The van der Waals surface area contributed by atoms with E-state index in [9.17, 15) is 13.2 Å². The van der Waals surface area contributed by atoms with Crippen LogP contribution in [0.4, 0.5) is 13.2 Å². The van der Waals surface area contributed by atoms with Gasteiger partial charge in [-0.3, -0.25) is 0 Å². The number of aliphatic imine (C=N–C) groups is 1. The highest BCUT2D eigenvalue weighted by Crippen LogP contribution is 2.30. The monoisotopic (exact) mass is 547 g/mol. The maximum absolute atomic E-state index is 12.6. The number of likely N-dealkylation sites (tertiary alicyclic amines) is 1. The maximum Gasteiger partial charge on any atom is 0.434 e. The Bertz CT molecular complexity index is 613. The Morgan fingerprint density at radius 1 is 1.24 bits per heavy atom. The minimum atomic E-state index is -4.40. The molecule has 1 fully saturated rings. The fourth-order valence-electron chi connectivity index (χ4n) is 3.64. The van der Waals surface area contributed by atoms with Crippen LogP contribution in [0.25, 0.3) is 0 Å². The Hall–Kier alpha value is -0.620. The van der Waals surface area contributed by atoms with E-state index in [4.69, 9.17) is 0 Å². The van der Waals surface area contributed by atoms with Crippen LogP contribution in [0.1, 0.15) is 50.7 Å². The first-order chi connectivity index (χ1) is 13.3. The van der Waals surface area contributed by atoms with Gasteiger partial charge in [-0.2, -0.15) is 13.2 Å². The number of rotatable bonds is 8. The number of aromatic nitrogens is 1. The molecule has 0 aliphatic carbocycles. The fraction of sp³-hybridized carbons (Fsp3) is 0.789. The number of piperidine rings is 1. The number of guanidine groups is 1. The van der Waals surface area contributed by atoms with Crippen molar-refractivity contribution in [2.24, 2.45) is 16.8 Å². The van der Waals surface area contributed by atoms with Crippen LogP contribution in [0.5, 0.6) is 0 Å². The van der Waals surface area contributed by atoms with Crippen LogP contribution in [0, 0.1) is 11.8 Å². The van der Waals surface area contributed by atoms with E-state index in [1.807, 2.05) is 6.92 Å². The van der Waals surface area contributed by atoms with E-state index in [0.717, 1.165) is 54.5 Å². The van der Waals surface area contributed by atoms with Gasteiger partial charge in [0.2, 0.25) is 0 Å². The van der Waals surface area contributed by atoms with Crippen molar-refractivity contribution >= 4 is 41.3 Å². The highest BCUT2D eigenvalue weighted by atomic mass is 127. The molecular weight excluding hydrogens is 514 g/mol. The average molecular weight is 547 g/mol. The van der Waals surface area contributed by atoms with Gasteiger partial charge in [0.25, 0.3) is 0 Å². The van der Waals surface area contributed by atoms with Crippen LogP contribution in [-0.2, 0) is 12.7 Å². The van der Waals surface area contributed by atoms with Gasteiger partial charge in [0.05, 0.1) is 6.54 Å². The highest BCUT2D eigenvalue weighted by molar-refractivity contribution is 14.0. The van der Waals surface area contributed by atoms with E-state index in [0.29, 0.717) is 17.5 Å². The lowest BCUT2D eigenvalue weighted by atomic mass is 9.92. The second kappa shape index (κ2) is 12.9. The minimum Gasteiger partial charge on any atom is -0.357 e. The Balaban J connectivity index is 0.00000420. The quantitative estimate of drug-likeness (QED) is 0.216. The molecule has 0 bridgehead atoms. The molecule has 1 aliphatic heterocycles. The topological polar surface area (TPSA) is 52.6 Å². The molecule has 2 atom stereocenters. The zero-order valence-electron chi connectivity index (χ0n) is 17.4. The van der Waals surface area contributed by atoms with Crippen LogP contribution >= 0.6 is 35.3 Å². The van der Waals surface area contributed by atoms with Crippen molar-refractivity contribution < 1.29 is 13.2 Å². The summed E-state index contributed by atoms with van der Waals surface area (Å²) in [6, 6.07) is 0. The fourth-order valence-corrected chi connectivity index (χ4v) is 4.37. The van der Waals surface area contributed by atoms with Gasteiger partial charge in [0.1, 0.15) is 5.01 Å². The van der Waals surface area contributed by atoms with E-state index >= 15 is 0 Å². The normalized spacial score (nSPS) is 21.0. The summed E-state index contributed by atoms with van der Waals surface area (Å²) >= 11 is 0.985. The lowest BCUT2D eigenvalue weighted by Crippen LogP contribution is -2.40. The largest absolute Gasteiger partial charge is 0.434 e. The van der Waals surface area contributed by atoms with E-state index < -0.39 is 11.9 Å². The number of unbranched alkanes of at least 4 members (excludes halogenated alkanes) is 1. The second-order valence-electron chi connectivity index (χ2n) is 7.66. The Morgan fingerprint density at radius 2 is 1.93 bits per heavy atom. The first-order valence-corrected chi connectivity index (χ1v) is 10.9. The summed E-state index contributed by atoms with van der Waals surface area (Å²) in [7, 11) is 0. The maximum atomic E-state index is 12.6. The molecule has 2 unspecified atom stereocenters. The van der Waals surface area contributed by atoms with Crippen LogP contribution in [0.15, 0.2) is 10.4 Å². The Morgan fingerprint density at radius 3 is 2.52 bits per heavy atom. The van der Waals surface area contributed by atoms with Crippen LogP contribution < -0.4 is 10.6 Å². The third kappa shape index (κ3) is 9.82. The number of halogens is 4. The van der Waals surface area contributed by atoms with E-state index in [-0.39, 0.29) is 30.5 Å². The third-order valence-electron chi connectivity index (χ3n) is 4.70. The van der Waals surface area contributed by atoms with Crippen molar-refractivity contribution in [1.82, 2.24) is 20.5 Å². The zero-order valence-corrected chi connectivity index (χ0v) is 20.5. The molecule has 10 heteroatoms. The summed E-state index contributed by atoms with van der Waals surface area (Å²) in [5.74, 6) is 2.17. The summed E-state index contributed by atoms with van der Waals surface area (Å²) in [4.78, 5) is 10.5. The molecule has 29 heavy (non-hydrogen) atoms. The van der Waals surface area contributed by atoms with Crippen molar-refractivity contribution in [3.63, 3.8) is 0 Å². The van der Waals surface area contributed by atoms with E-state index in [2.05, 4.69) is 39.4 Å². The molecule has 0 saturated carbocycles. The molecule has 1 aliphatic rings. The van der Waals surface area contributed by atoms with Crippen molar-refractivity contribution in [2.45, 2.75) is 52.8 Å². The smallest absolute Gasteiger partial charge is 0.357 e. The van der Waals surface area contributed by atoms with Crippen molar-refractivity contribution in [3.05, 3.63) is 16.1 Å². The van der Waals surface area contributed by atoms with Crippen molar-refractivity contribution in [1.29, 1.82) is 0 Å². The highest BCUT2D eigenvalue weighted by Gasteiger charge is 2.33. The summed E-state index contributed by atoms with van der Waals surface area (Å²) in [6.07, 6.45) is -0.929. The molecular formula is C19H33F3IN5S. The molecule has 0 radical (unpaired) electrons. The van der Waals surface area contributed by atoms with Gasteiger partial charge in [0.15, 0.2) is 11.7 Å². The van der Waals surface area contributed by atoms with Gasteiger partial charge < -0.3 is 15.5 Å². The first kappa shape index (κ1) is 26.4. The number of thiazole rings is 1. The van der Waals surface area contributed by atoms with Gasteiger partial charge in [-0.05, 0) is 44.6 Å². The molecule has 5 nitrogen and oxygen atoms in total. The molecule has 1 saturated heterocycles. The SMILES string of the molecule is CCNC(=NCc1nc(C(F)(F)F)cs1)NCCCCN1CC(C)CC(C)C1.I. The number of nitrogens with zero attached hydrogens (tertiary/aromatic N) is 3. The Kier molecular flexibility index (Phi) is 11.8. The molecule has 1 aromatic heterocycles. The zero-order chi connectivity index (χ0) is 20.6.